The highest BCUT2D eigenvalue weighted by molar-refractivity contribution is 7.89. The number of piperazine rings is 1. The molecule has 1 heterocycles. The van der Waals surface area contributed by atoms with Gasteiger partial charge in [0.05, 0.1) is 14.2 Å². The van der Waals surface area contributed by atoms with Crippen LogP contribution in [0.3, 0.4) is 0 Å². The molecule has 1 aliphatic rings. The van der Waals surface area contributed by atoms with E-state index in [0.29, 0.717) is 18.0 Å². The zero-order chi connectivity index (χ0) is 17.6. The summed E-state index contributed by atoms with van der Waals surface area (Å²) in [5.74, 6) is 0.788. The highest BCUT2D eigenvalue weighted by atomic mass is 32.2. The third-order valence-corrected chi connectivity index (χ3v) is 5.68. The summed E-state index contributed by atoms with van der Waals surface area (Å²) in [6.45, 7) is 5.49. The van der Waals surface area contributed by atoms with Crippen molar-refractivity contribution in [3.63, 3.8) is 0 Å². The van der Waals surface area contributed by atoms with Crippen LogP contribution in [0, 0.1) is 0 Å². The van der Waals surface area contributed by atoms with Crippen LogP contribution in [0.4, 0.5) is 0 Å². The molecule has 1 aromatic carbocycles. The molecule has 0 bridgehead atoms. The fourth-order valence-corrected chi connectivity index (χ4v) is 3.91. The summed E-state index contributed by atoms with van der Waals surface area (Å²) in [6, 6.07) is 4.74. The van der Waals surface area contributed by atoms with E-state index >= 15 is 0 Å². The van der Waals surface area contributed by atoms with Crippen LogP contribution >= 0.6 is 0 Å². The van der Waals surface area contributed by atoms with Gasteiger partial charge in [0.1, 0.15) is 16.4 Å². The Morgan fingerprint density at radius 2 is 1.83 bits per heavy atom. The summed E-state index contributed by atoms with van der Waals surface area (Å²) in [6.07, 6.45) is 0.773. The second-order valence-electron chi connectivity index (χ2n) is 5.91. The third-order valence-electron chi connectivity index (χ3n) is 4.20. The highest BCUT2D eigenvalue weighted by Gasteiger charge is 2.20. The topological polar surface area (TPSA) is 71.1 Å². The average molecular weight is 357 g/mol. The van der Waals surface area contributed by atoms with Crippen molar-refractivity contribution in [1.29, 1.82) is 0 Å². The molecular formula is C16H27N3O4S. The van der Waals surface area contributed by atoms with Crippen molar-refractivity contribution in [3.8, 4) is 11.5 Å². The number of hydrogen-bond acceptors (Lipinski definition) is 6. The predicted molar refractivity (Wildman–Crippen MR) is 93.3 cm³/mol. The quantitative estimate of drug-likeness (QED) is 0.688. The molecule has 0 spiro atoms. The van der Waals surface area contributed by atoms with Gasteiger partial charge in [-0.15, -0.1) is 0 Å². The number of nitrogens with zero attached hydrogens (tertiary/aromatic N) is 2. The van der Waals surface area contributed by atoms with Crippen LogP contribution in [0.1, 0.15) is 6.42 Å². The van der Waals surface area contributed by atoms with Crippen LogP contribution in [-0.4, -0.2) is 78.8 Å². The van der Waals surface area contributed by atoms with Crippen LogP contribution in [0.15, 0.2) is 23.1 Å². The zero-order valence-electron chi connectivity index (χ0n) is 14.6. The summed E-state index contributed by atoms with van der Waals surface area (Å²) in [5.41, 5.74) is 0. The van der Waals surface area contributed by atoms with E-state index in [1.807, 2.05) is 0 Å². The molecule has 0 amide bonds. The van der Waals surface area contributed by atoms with Gasteiger partial charge in [0.2, 0.25) is 10.0 Å². The van der Waals surface area contributed by atoms with Gasteiger partial charge >= 0.3 is 0 Å². The highest BCUT2D eigenvalue weighted by Crippen LogP contribution is 2.27. The van der Waals surface area contributed by atoms with E-state index in [0.717, 1.165) is 39.1 Å². The lowest BCUT2D eigenvalue weighted by Crippen LogP contribution is -2.45. The number of ether oxygens (including phenoxy) is 2. The molecule has 0 saturated carbocycles. The molecule has 0 unspecified atom stereocenters. The zero-order valence-corrected chi connectivity index (χ0v) is 15.4. The molecule has 2 rings (SSSR count). The number of methoxy groups -OCH3 is 2. The van der Waals surface area contributed by atoms with Gasteiger partial charge in [-0.1, -0.05) is 0 Å². The van der Waals surface area contributed by atoms with Crippen molar-refractivity contribution in [1.82, 2.24) is 14.5 Å². The van der Waals surface area contributed by atoms with Gasteiger partial charge in [-0.25, -0.2) is 13.1 Å². The van der Waals surface area contributed by atoms with E-state index in [1.54, 1.807) is 12.1 Å². The van der Waals surface area contributed by atoms with Gasteiger partial charge < -0.3 is 19.3 Å². The SMILES string of the molecule is COc1ccc(OC)c(S(=O)(=O)NCCCN2CCN(C)CC2)c1. The first-order valence-corrected chi connectivity index (χ1v) is 9.57. The molecule has 24 heavy (non-hydrogen) atoms. The maximum Gasteiger partial charge on any atom is 0.244 e. The minimum absolute atomic E-state index is 0.101. The van der Waals surface area contributed by atoms with Gasteiger partial charge in [0, 0.05) is 38.8 Å². The molecule has 1 aromatic rings. The van der Waals surface area contributed by atoms with Crippen molar-refractivity contribution < 1.29 is 17.9 Å². The molecule has 1 aliphatic heterocycles. The number of rotatable bonds is 8. The van der Waals surface area contributed by atoms with E-state index in [-0.39, 0.29) is 4.90 Å². The Balaban J connectivity index is 1.89. The molecule has 8 heteroatoms. The Hall–Kier alpha value is -1.35. The molecule has 0 atom stereocenters. The number of benzene rings is 1. The van der Waals surface area contributed by atoms with E-state index in [4.69, 9.17) is 9.47 Å². The number of sulfonamides is 1. The third kappa shape index (κ3) is 5.07. The van der Waals surface area contributed by atoms with Crippen molar-refractivity contribution in [2.24, 2.45) is 0 Å². The lowest BCUT2D eigenvalue weighted by Gasteiger charge is -2.32. The molecule has 0 aromatic heterocycles. The average Bonchev–Trinajstić information content (AvgIpc) is 2.59. The summed E-state index contributed by atoms with van der Waals surface area (Å²) in [4.78, 5) is 4.76. The van der Waals surface area contributed by atoms with Crippen LogP contribution < -0.4 is 14.2 Å². The first-order valence-electron chi connectivity index (χ1n) is 8.09. The second-order valence-corrected chi connectivity index (χ2v) is 7.65. The molecule has 1 fully saturated rings. The lowest BCUT2D eigenvalue weighted by molar-refractivity contribution is 0.153. The molecular weight excluding hydrogens is 330 g/mol. The Labute approximate surface area is 144 Å². The Kier molecular flexibility index (Phi) is 6.85. The first kappa shape index (κ1) is 19.0. The smallest absolute Gasteiger partial charge is 0.244 e. The van der Waals surface area contributed by atoms with Crippen molar-refractivity contribution >= 4 is 10.0 Å². The number of nitrogens with one attached hydrogen (secondary N) is 1. The Morgan fingerprint density at radius 1 is 1.12 bits per heavy atom. The van der Waals surface area contributed by atoms with Gasteiger partial charge in [0.25, 0.3) is 0 Å². The van der Waals surface area contributed by atoms with Gasteiger partial charge in [-0.3, -0.25) is 0 Å². The fraction of sp³-hybridized carbons (Fsp3) is 0.625. The summed E-state index contributed by atoms with van der Waals surface area (Å²) < 4.78 is 37.9. The number of likely N-dealkylation sites (N-methyl/N-ethyl adjacent to an activating group) is 1. The Bertz CT molecular complexity index is 628. The summed E-state index contributed by atoms with van der Waals surface area (Å²) >= 11 is 0. The van der Waals surface area contributed by atoms with Crippen LogP contribution in [0.5, 0.6) is 11.5 Å². The van der Waals surface area contributed by atoms with E-state index in [1.165, 1.54) is 20.3 Å². The van der Waals surface area contributed by atoms with Gasteiger partial charge in [-0.2, -0.15) is 0 Å². The maximum absolute atomic E-state index is 12.5. The van der Waals surface area contributed by atoms with Crippen LogP contribution in [-0.2, 0) is 10.0 Å². The first-order chi connectivity index (χ1) is 11.5. The minimum Gasteiger partial charge on any atom is -0.497 e. The molecule has 0 radical (unpaired) electrons. The van der Waals surface area contributed by atoms with E-state index in [2.05, 4.69) is 21.6 Å². The van der Waals surface area contributed by atoms with Crippen LogP contribution in [0.2, 0.25) is 0 Å². The monoisotopic (exact) mass is 357 g/mol. The summed E-state index contributed by atoms with van der Waals surface area (Å²) in [5, 5.41) is 0. The van der Waals surface area contributed by atoms with Crippen molar-refractivity contribution in [3.05, 3.63) is 18.2 Å². The maximum atomic E-state index is 12.5. The van der Waals surface area contributed by atoms with Crippen molar-refractivity contribution in [2.75, 3.05) is 60.5 Å². The van der Waals surface area contributed by atoms with Gasteiger partial charge in [0.15, 0.2) is 0 Å². The molecule has 0 aliphatic carbocycles. The standard InChI is InChI=1S/C16H27N3O4S/c1-18-9-11-19(12-10-18)8-4-7-17-24(20,21)16-13-14(22-2)5-6-15(16)23-3/h5-6,13,17H,4,7-12H2,1-3H3. The molecule has 136 valence electrons. The van der Waals surface area contributed by atoms with E-state index < -0.39 is 10.0 Å². The normalized spacial score (nSPS) is 17.0. The number of hydrogen-bond donors (Lipinski definition) is 1. The molecule has 7 nitrogen and oxygen atoms in total. The van der Waals surface area contributed by atoms with Gasteiger partial charge in [-0.05, 0) is 32.1 Å². The summed E-state index contributed by atoms with van der Waals surface area (Å²) in [7, 11) is 1.44. The predicted octanol–water partition coefficient (Wildman–Crippen LogP) is 0.620. The largest absolute Gasteiger partial charge is 0.497 e. The molecule has 1 saturated heterocycles. The lowest BCUT2D eigenvalue weighted by atomic mass is 10.3. The second kappa shape index (κ2) is 8.66. The molecule has 1 N–H and O–H groups in total. The van der Waals surface area contributed by atoms with Crippen molar-refractivity contribution in [2.45, 2.75) is 11.3 Å². The minimum atomic E-state index is -3.63. The Morgan fingerprint density at radius 3 is 2.46 bits per heavy atom. The fourth-order valence-electron chi connectivity index (χ4n) is 2.65. The van der Waals surface area contributed by atoms with Crippen LogP contribution in [0.25, 0.3) is 0 Å². The van der Waals surface area contributed by atoms with E-state index in [9.17, 15) is 8.42 Å².